The molecule has 3 rings (SSSR count). The maximum Gasteiger partial charge on any atom is 0.269 e. The summed E-state index contributed by atoms with van der Waals surface area (Å²) < 4.78 is 5.75. The van der Waals surface area contributed by atoms with Crippen molar-refractivity contribution in [3.8, 4) is 17.4 Å². The van der Waals surface area contributed by atoms with Crippen LogP contribution in [0.15, 0.2) is 58.5 Å². The molecule has 1 N–H and O–H groups in total. The highest BCUT2D eigenvalue weighted by Crippen LogP contribution is 2.29. The highest BCUT2D eigenvalue weighted by molar-refractivity contribution is 6.09. The third-order valence-corrected chi connectivity index (χ3v) is 4.82. The van der Waals surface area contributed by atoms with E-state index in [0.717, 1.165) is 11.1 Å². The molecule has 0 aliphatic rings. The van der Waals surface area contributed by atoms with E-state index in [4.69, 9.17) is 4.42 Å². The van der Waals surface area contributed by atoms with Gasteiger partial charge in [-0.1, -0.05) is 12.1 Å². The number of nitrogens with zero attached hydrogens (tertiary/aromatic N) is 2. The van der Waals surface area contributed by atoms with Crippen LogP contribution < -0.4 is 5.32 Å². The minimum Gasteiger partial charge on any atom is -0.457 e. The second-order valence-corrected chi connectivity index (χ2v) is 6.83. The van der Waals surface area contributed by atoms with Crippen LogP contribution in [0.5, 0.6) is 0 Å². The van der Waals surface area contributed by atoms with Crippen LogP contribution >= 0.6 is 0 Å². The first-order valence-corrected chi connectivity index (χ1v) is 9.14. The molecule has 0 bridgehead atoms. The Bertz CT molecular complexity index is 1220. The molecule has 0 spiro atoms. The Morgan fingerprint density at radius 2 is 1.90 bits per heavy atom. The van der Waals surface area contributed by atoms with Crippen LogP contribution in [0.4, 0.5) is 11.4 Å². The molecule has 0 aliphatic carbocycles. The van der Waals surface area contributed by atoms with Crippen LogP contribution in [0.1, 0.15) is 22.5 Å². The Morgan fingerprint density at radius 1 is 1.13 bits per heavy atom. The monoisotopic (exact) mass is 401 g/mol. The summed E-state index contributed by atoms with van der Waals surface area (Å²) in [4.78, 5) is 23.0. The zero-order valence-corrected chi connectivity index (χ0v) is 16.7. The Hall–Kier alpha value is -4.18. The molecule has 7 heteroatoms. The molecule has 2 aromatic carbocycles. The second-order valence-electron chi connectivity index (χ2n) is 6.83. The molecule has 0 unspecified atom stereocenters. The average molecular weight is 401 g/mol. The summed E-state index contributed by atoms with van der Waals surface area (Å²) in [7, 11) is 0. The van der Waals surface area contributed by atoms with E-state index in [-0.39, 0.29) is 11.3 Å². The van der Waals surface area contributed by atoms with Crippen LogP contribution in [0.3, 0.4) is 0 Å². The van der Waals surface area contributed by atoms with E-state index < -0.39 is 10.8 Å². The summed E-state index contributed by atoms with van der Waals surface area (Å²) in [5, 5.41) is 23.1. The van der Waals surface area contributed by atoms with Crippen molar-refractivity contribution in [2.24, 2.45) is 0 Å². The van der Waals surface area contributed by atoms with Crippen molar-refractivity contribution in [1.82, 2.24) is 0 Å². The molecule has 0 fully saturated rings. The van der Waals surface area contributed by atoms with E-state index in [1.807, 2.05) is 32.0 Å². The number of hydrogen-bond donors (Lipinski definition) is 1. The lowest BCUT2D eigenvalue weighted by atomic mass is 10.1. The average Bonchev–Trinajstić information content (AvgIpc) is 3.17. The maximum absolute atomic E-state index is 12.5. The molecule has 30 heavy (non-hydrogen) atoms. The first kappa shape index (κ1) is 20.6. The molecular weight excluding hydrogens is 382 g/mol. The number of rotatable bonds is 5. The first-order chi connectivity index (χ1) is 14.3. The number of hydrogen-bond acceptors (Lipinski definition) is 5. The molecular formula is C23H19N3O4. The number of amides is 1. The predicted molar refractivity (Wildman–Crippen MR) is 114 cm³/mol. The lowest BCUT2D eigenvalue weighted by Gasteiger charge is -2.09. The van der Waals surface area contributed by atoms with Gasteiger partial charge >= 0.3 is 0 Å². The molecule has 1 heterocycles. The van der Waals surface area contributed by atoms with Gasteiger partial charge < -0.3 is 9.73 Å². The number of carbonyl (C=O) groups excluding carboxylic acids is 1. The Morgan fingerprint density at radius 3 is 2.57 bits per heavy atom. The summed E-state index contributed by atoms with van der Waals surface area (Å²) in [6.07, 6.45) is 1.37. The number of nitro groups is 1. The standard InChI is InChI=1S/C23H19N3O4/c1-14-5-4-6-21(16(14)3)25-23(27)17(13-24)12-19-8-10-22(30-19)20-9-7-18(26(28)29)11-15(20)2/h4-12H,1-3H3,(H,25,27)/b17-12+. The number of aryl methyl sites for hydroxylation is 2. The number of carbonyl (C=O) groups is 1. The molecule has 1 amide bonds. The number of anilines is 1. The Kier molecular flexibility index (Phi) is 5.79. The Labute approximate surface area is 173 Å². The van der Waals surface area contributed by atoms with Gasteiger partial charge in [0.05, 0.1) is 4.92 Å². The topological polar surface area (TPSA) is 109 Å². The molecule has 0 saturated carbocycles. The largest absolute Gasteiger partial charge is 0.457 e. The van der Waals surface area contributed by atoms with Crippen LogP contribution in [0.25, 0.3) is 17.4 Å². The summed E-state index contributed by atoms with van der Waals surface area (Å²) in [5.74, 6) is 0.284. The van der Waals surface area contributed by atoms with Crippen molar-refractivity contribution in [2.75, 3.05) is 5.32 Å². The number of nitriles is 1. The molecule has 0 atom stereocenters. The number of non-ortho nitro benzene ring substituents is 1. The zero-order chi connectivity index (χ0) is 21.8. The fourth-order valence-electron chi connectivity index (χ4n) is 2.98. The normalized spacial score (nSPS) is 11.1. The lowest BCUT2D eigenvalue weighted by Crippen LogP contribution is -2.14. The molecule has 0 radical (unpaired) electrons. The molecule has 0 aliphatic heterocycles. The zero-order valence-electron chi connectivity index (χ0n) is 16.7. The fraction of sp³-hybridized carbons (Fsp3) is 0.130. The van der Waals surface area contributed by atoms with E-state index in [2.05, 4.69) is 5.32 Å². The van der Waals surface area contributed by atoms with E-state index in [9.17, 15) is 20.2 Å². The summed E-state index contributed by atoms with van der Waals surface area (Å²) in [6, 6.07) is 15.3. The summed E-state index contributed by atoms with van der Waals surface area (Å²) in [6.45, 7) is 5.58. The SMILES string of the molecule is Cc1cc([N+](=O)[O-])ccc1-c1ccc(/C=C(\C#N)C(=O)Nc2cccc(C)c2C)o1. The fourth-order valence-corrected chi connectivity index (χ4v) is 2.98. The van der Waals surface area contributed by atoms with Gasteiger partial charge in [0.2, 0.25) is 0 Å². The van der Waals surface area contributed by atoms with Gasteiger partial charge in [-0.3, -0.25) is 14.9 Å². The highest BCUT2D eigenvalue weighted by atomic mass is 16.6. The van der Waals surface area contributed by atoms with Gasteiger partial charge in [0.15, 0.2) is 0 Å². The quantitative estimate of drug-likeness (QED) is 0.269. The van der Waals surface area contributed by atoms with Gasteiger partial charge in [-0.25, -0.2) is 0 Å². The number of nitro benzene ring substituents is 1. The third-order valence-electron chi connectivity index (χ3n) is 4.82. The van der Waals surface area contributed by atoms with Crippen LogP contribution in [0, 0.1) is 42.2 Å². The lowest BCUT2D eigenvalue weighted by molar-refractivity contribution is -0.384. The molecule has 150 valence electrons. The van der Waals surface area contributed by atoms with Crippen molar-refractivity contribution in [3.05, 3.63) is 86.7 Å². The minimum atomic E-state index is -0.532. The van der Waals surface area contributed by atoms with E-state index in [0.29, 0.717) is 28.3 Å². The van der Waals surface area contributed by atoms with E-state index >= 15 is 0 Å². The summed E-state index contributed by atoms with van der Waals surface area (Å²) >= 11 is 0. The molecule has 1 aromatic heterocycles. The van der Waals surface area contributed by atoms with Crippen molar-refractivity contribution >= 4 is 23.4 Å². The smallest absolute Gasteiger partial charge is 0.269 e. The van der Waals surface area contributed by atoms with Crippen molar-refractivity contribution in [2.45, 2.75) is 20.8 Å². The highest BCUT2D eigenvalue weighted by Gasteiger charge is 2.15. The molecule has 3 aromatic rings. The Balaban J connectivity index is 1.85. The van der Waals surface area contributed by atoms with Gasteiger partial charge in [0.1, 0.15) is 23.2 Å². The van der Waals surface area contributed by atoms with Crippen LogP contribution in [-0.4, -0.2) is 10.8 Å². The summed E-state index contributed by atoms with van der Waals surface area (Å²) in [5.41, 5.74) is 3.88. The van der Waals surface area contributed by atoms with Gasteiger partial charge in [-0.05, 0) is 61.7 Å². The van der Waals surface area contributed by atoms with Gasteiger partial charge in [0, 0.05) is 29.5 Å². The van der Waals surface area contributed by atoms with Gasteiger partial charge in [-0.15, -0.1) is 0 Å². The van der Waals surface area contributed by atoms with E-state index in [1.54, 1.807) is 31.2 Å². The number of furan rings is 1. The maximum atomic E-state index is 12.5. The number of nitrogens with one attached hydrogen (secondary N) is 1. The van der Waals surface area contributed by atoms with E-state index in [1.165, 1.54) is 18.2 Å². The van der Waals surface area contributed by atoms with Gasteiger partial charge in [-0.2, -0.15) is 5.26 Å². The second kappa shape index (κ2) is 8.45. The first-order valence-electron chi connectivity index (χ1n) is 9.14. The predicted octanol–water partition coefficient (Wildman–Crippen LogP) is 5.33. The molecule has 0 saturated heterocycles. The van der Waals surface area contributed by atoms with Crippen molar-refractivity contribution in [3.63, 3.8) is 0 Å². The van der Waals surface area contributed by atoms with Crippen molar-refractivity contribution in [1.29, 1.82) is 5.26 Å². The van der Waals surface area contributed by atoms with Gasteiger partial charge in [0.25, 0.3) is 11.6 Å². The van der Waals surface area contributed by atoms with Crippen molar-refractivity contribution < 1.29 is 14.1 Å². The number of benzene rings is 2. The minimum absolute atomic E-state index is 0.00203. The molecule has 7 nitrogen and oxygen atoms in total. The van der Waals surface area contributed by atoms with Crippen LogP contribution in [0.2, 0.25) is 0 Å². The van der Waals surface area contributed by atoms with Crippen LogP contribution in [-0.2, 0) is 4.79 Å². The third kappa shape index (κ3) is 4.28.